The summed E-state index contributed by atoms with van der Waals surface area (Å²) in [4.78, 5) is 0. The second-order valence-electron chi connectivity index (χ2n) is 1.89. The molecule has 1 rings (SSSR count). The molecule has 0 bridgehead atoms. The maximum atomic E-state index is 11.9. The lowest BCUT2D eigenvalue weighted by atomic mass is 10.2. The van der Waals surface area contributed by atoms with Gasteiger partial charge in [0.25, 0.3) is 6.43 Å². The Hall–Kier alpha value is -1.30. The van der Waals surface area contributed by atoms with Crippen molar-refractivity contribution in [3.8, 4) is 12.3 Å². The first kappa shape index (κ1) is 7.80. The van der Waals surface area contributed by atoms with E-state index < -0.39 is 6.43 Å². The fourth-order valence-corrected chi connectivity index (χ4v) is 0.655. The molecule has 0 N–H and O–H groups in total. The SMILES string of the molecule is C#C[CH]c1coc(C(F)F)c1. The maximum absolute atomic E-state index is 11.9. The Kier molecular flexibility index (Phi) is 2.27. The number of furan rings is 1. The maximum Gasteiger partial charge on any atom is 0.295 e. The fraction of sp³-hybridized carbons (Fsp3) is 0.125. The molecule has 11 heavy (non-hydrogen) atoms. The second-order valence-corrected chi connectivity index (χ2v) is 1.89. The second kappa shape index (κ2) is 3.20. The minimum atomic E-state index is -2.57. The summed E-state index contributed by atoms with van der Waals surface area (Å²) in [7, 11) is 0. The van der Waals surface area contributed by atoms with Crippen LogP contribution in [0.5, 0.6) is 0 Å². The van der Waals surface area contributed by atoms with Gasteiger partial charge in [-0.05, 0) is 6.07 Å². The van der Waals surface area contributed by atoms with E-state index in [1.54, 1.807) is 0 Å². The molecule has 0 aliphatic carbocycles. The molecule has 0 aliphatic rings. The number of terminal acetylenes is 1. The van der Waals surface area contributed by atoms with Crippen molar-refractivity contribution in [2.45, 2.75) is 6.43 Å². The molecule has 1 heterocycles. The minimum absolute atomic E-state index is 0.355. The van der Waals surface area contributed by atoms with Crippen molar-refractivity contribution in [1.82, 2.24) is 0 Å². The number of alkyl halides is 2. The molecule has 0 saturated heterocycles. The van der Waals surface area contributed by atoms with E-state index in [1.165, 1.54) is 18.8 Å². The predicted molar refractivity (Wildman–Crippen MR) is 35.9 cm³/mol. The summed E-state index contributed by atoms with van der Waals surface area (Å²) in [6.45, 7) is 0. The molecule has 0 spiro atoms. The Balaban J connectivity index is 2.75. The van der Waals surface area contributed by atoms with Crippen LogP contribution in [0.2, 0.25) is 0 Å². The molecule has 1 aromatic rings. The average Bonchev–Trinajstić information content (AvgIpc) is 2.37. The van der Waals surface area contributed by atoms with Crippen LogP contribution in [-0.4, -0.2) is 0 Å². The van der Waals surface area contributed by atoms with Gasteiger partial charge in [0.05, 0.1) is 12.7 Å². The van der Waals surface area contributed by atoms with Crippen LogP contribution < -0.4 is 0 Å². The molecule has 0 aromatic carbocycles. The van der Waals surface area contributed by atoms with Gasteiger partial charge in [-0.3, -0.25) is 0 Å². The average molecular weight is 155 g/mol. The van der Waals surface area contributed by atoms with Gasteiger partial charge in [-0.1, -0.05) is 5.92 Å². The highest BCUT2D eigenvalue weighted by Crippen LogP contribution is 2.21. The van der Waals surface area contributed by atoms with Gasteiger partial charge in [0.1, 0.15) is 0 Å². The standard InChI is InChI=1S/C8H5F2O/c1-2-3-6-4-7(8(9)10)11-5-6/h1,3-5,8H. The van der Waals surface area contributed by atoms with Crippen molar-refractivity contribution in [3.05, 3.63) is 30.1 Å². The van der Waals surface area contributed by atoms with Gasteiger partial charge < -0.3 is 4.42 Å². The van der Waals surface area contributed by atoms with Crippen molar-refractivity contribution in [2.24, 2.45) is 0 Å². The minimum Gasteiger partial charge on any atom is -0.463 e. The van der Waals surface area contributed by atoms with E-state index in [2.05, 4.69) is 10.3 Å². The van der Waals surface area contributed by atoms with Crippen LogP contribution in [0, 0.1) is 18.8 Å². The lowest BCUT2D eigenvalue weighted by Crippen LogP contribution is -1.76. The smallest absolute Gasteiger partial charge is 0.295 e. The quantitative estimate of drug-likeness (QED) is 0.597. The summed E-state index contributed by atoms with van der Waals surface area (Å²) in [5.74, 6) is 1.85. The fourth-order valence-electron chi connectivity index (χ4n) is 0.655. The Morgan fingerprint density at radius 2 is 2.36 bits per heavy atom. The molecule has 0 amide bonds. The lowest BCUT2D eigenvalue weighted by Gasteiger charge is -1.87. The summed E-state index contributed by atoms with van der Waals surface area (Å²) >= 11 is 0. The highest BCUT2D eigenvalue weighted by molar-refractivity contribution is 5.29. The number of rotatable bonds is 2. The summed E-state index contributed by atoms with van der Waals surface area (Å²) in [5, 5.41) is 0. The molecule has 1 radical (unpaired) electrons. The number of hydrogen-bond acceptors (Lipinski definition) is 1. The summed E-state index contributed by atoms with van der Waals surface area (Å²) in [6, 6.07) is 1.21. The summed E-state index contributed by atoms with van der Waals surface area (Å²) in [6.07, 6.45) is 4.89. The van der Waals surface area contributed by atoms with Crippen molar-refractivity contribution < 1.29 is 13.2 Å². The Morgan fingerprint density at radius 3 is 2.82 bits per heavy atom. The van der Waals surface area contributed by atoms with Crippen LogP contribution in [0.15, 0.2) is 16.7 Å². The zero-order valence-corrected chi connectivity index (χ0v) is 5.55. The van der Waals surface area contributed by atoms with Crippen LogP contribution in [0.25, 0.3) is 0 Å². The van der Waals surface area contributed by atoms with E-state index in [0.717, 1.165) is 0 Å². The first-order valence-corrected chi connectivity index (χ1v) is 2.90. The first-order chi connectivity index (χ1) is 5.24. The molecule has 3 heteroatoms. The van der Waals surface area contributed by atoms with Gasteiger partial charge in [-0.25, -0.2) is 8.78 Å². The molecule has 0 fully saturated rings. The molecule has 1 nitrogen and oxygen atoms in total. The van der Waals surface area contributed by atoms with E-state index >= 15 is 0 Å². The van der Waals surface area contributed by atoms with Crippen molar-refractivity contribution >= 4 is 0 Å². The number of hydrogen-bond donors (Lipinski definition) is 0. The van der Waals surface area contributed by atoms with E-state index in [-0.39, 0.29) is 5.76 Å². The third-order valence-corrected chi connectivity index (χ3v) is 1.11. The Labute approximate surface area is 63.0 Å². The molecule has 1 aromatic heterocycles. The normalized spacial score (nSPS) is 10.0. The zero-order chi connectivity index (χ0) is 8.27. The molecular weight excluding hydrogens is 150 g/mol. The van der Waals surface area contributed by atoms with Crippen LogP contribution in [0.1, 0.15) is 17.7 Å². The Bertz CT molecular complexity index is 270. The molecule has 57 valence electrons. The summed E-state index contributed by atoms with van der Waals surface area (Å²) in [5.41, 5.74) is 0.489. The van der Waals surface area contributed by atoms with Crippen LogP contribution in [0.3, 0.4) is 0 Å². The molecule has 0 aliphatic heterocycles. The predicted octanol–water partition coefficient (Wildman–Crippen LogP) is 2.40. The van der Waals surface area contributed by atoms with Crippen molar-refractivity contribution in [2.75, 3.05) is 0 Å². The van der Waals surface area contributed by atoms with Crippen molar-refractivity contribution in [1.29, 1.82) is 0 Å². The lowest BCUT2D eigenvalue weighted by molar-refractivity contribution is 0.122. The zero-order valence-electron chi connectivity index (χ0n) is 5.55. The molecule has 0 unspecified atom stereocenters. The molecule has 0 atom stereocenters. The summed E-state index contributed by atoms with van der Waals surface area (Å²) < 4.78 is 28.2. The van der Waals surface area contributed by atoms with Gasteiger partial charge >= 0.3 is 0 Å². The first-order valence-electron chi connectivity index (χ1n) is 2.90. The van der Waals surface area contributed by atoms with Gasteiger partial charge in [-0.15, -0.1) is 6.42 Å². The van der Waals surface area contributed by atoms with E-state index in [1.807, 2.05) is 0 Å². The van der Waals surface area contributed by atoms with Crippen molar-refractivity contribution in [3.63, 3.8) is 0 Å². The topological polar surface area (TPSA) is 13.1 Å². The number of halogens is 2. The van der Waals surface area contributed by atoms with Crippen LogP contribution in [-0.2, 0) is 0 Å². The highest BCUT2D eigenvalue weighted by Gasteiger charge is 2.11. The van der Waals surface area contributed by atoms with E-state index in [0.29, 0.717) is 5.56 Å². The van der Waals surface area contributed by atoms with E-state index in [4.69, 9.17) is 6.42 Å². The molecule has 0 saturated carbocycles. The third kappa shape index (κ3) is 1.81. The van der Waals surface area contributed by atoms with Gasteiger partial charge in [0.2, 0.25) is 0 Å². The van der Waals surface area contributed by atoms with Crippen LogP contribution in [0.4, 0.5) is 8.78 Å². The Morgan fingerprint density at radius 1 is 1.64 bits per heavy atom. The van der Waals surface area contributed by atoms with E-state index in [9.17, 15) is 8.78 Å². The van der Waals surface area contributed by atoms with Crippen LogP contribution >= 0.6 is 0 Å². The van der Waals surface area contributed by atoms with Gasteiger partial charge in [-0.2, -0.15) is 0 Å². The monoisotopic (exact) mass is 155 g/mol. The molecular formula is C8H5F2O. The highest BCUT2D eigenvalue weighted by atomic mass is 19.3. The third-order valence-electron chi connectivity index (χ3n) is 1.11. The van der Waals surface area contributed by atoms with Gasteiger partial charge in [0.15, 0.2) is 5.76 Å². The van der Waals surface area contributed by atoms with Gasteiger partial charge in [0, 0.05) is 5.56 Å². The largest absolute Gasteiger partial charge is 0.463 e.